The van der Waals surface area contributed by atoms with Gasteiger partial charge >= 0.3 is 5.97 Å². The molecule has 3 aromatic rings. The first-order valence-electron chi connectivity index (χ1n) is 8.80. The molecule has 0 aliphatic heterocycles. The Balaban J connectivity index is 1.90. The first kappa shape index (κ1) is 19.2. The van der Waals surface area contributed by atoms with Crippen molar-refractivity contribution in [2.24, 2.45) is 0 Å². The van der Waals surface area contributed by atoms with E-state index in [1.807, 2.05) is 37.3 Å². The Labute approximate surface area is 161 Å². The molecule has 0 spiro atoms. The minimum Gasteiger partial charge on any atom is -0.505 e. The number of benzene rings is 2. The second kappa shape index (κ2) is 7.96. The topological polar surface area (TPSA) is 105 Å². The Morgan fingerprint density at radius 1 is 1.04 bits per heavy atom. The zero-order chi connectivity index (χ0) is 20.3. The summed E-state index contributed by atoms with van der Waals surface area (Å²) in [5.41, 5.74) is -0.0316. The molecule has 3 N–H and O–H groups in total. The average Bonchev–Trinajstić information content (AvgIpc) is 2.74. The van der Waals surface area contributed by atoms with Crippen molar-refractivity contribution < 1.29 is 14.6 Å². The monoisotopic (exact) mass is 380 g/mol. The third kappa shape index (κ3) is 3.46. The van der Waals surface area contributed by atoms with E-state index >= 15 is 0 Å². The standard InChI is InChI=1S/C21H20N2O5/c1-3-14(12-8-5-4-6-9-12)22-16-17(20(26)19(16)25)23-15-11-7-10-13(18(15)24)21(27)28-2/h4-11,14,22-24H,3H2,1-2H3. The van der Waals surface area contributed by atoms with E-state index in [-0.39, 0.29) is 34.4 Å². The van der Waals surface area contributed by atoms with Crippen LogP contribution in [0, 0.1) is 0 Å². The van der Waals surface area contributed by atoms with Gasteiger partial charge in [-0.1, -0.05) is 43.3 Å². The Hall–Kier alpha value is -3.61. The second-order valence-corrected chi connectivity index (χ2v) is 6.24. The molecule has 0 amide bonds. The Morgan fingerprint density at radius 2 is 1.71 bits per heavy atom. The minimum absolute atomic E-state index is 0.0450. The van der Waals surface area contributed by atoms with Gasteiger partial charge in [-0.05, 0) is 24.1 Å². The van der Waals surface area contributed by atoms with Gasteiger partial charge in [-0.2, -0.15) is 0 Å². The van der Waals surface area contributed by atoms with E-state index in [0.717, 1.165) is 5.56 Å². The SMILES string of the molecule is CCC(Nc1c(Nc2cccc(C(=O)OC)c2O)c(=O)c1=O)c1ccccc1. The van der Waals surface area contributed by atoms with Crippen molar-refractivity contribution in [2.45, 2.75) is 19.4 Å². The molecule has 7 nitrogen and oxygen atoms in total. The van der Waals surface area contributed by atoms with Gasteiger partial charge in [0.15, 0.2) is 5.75 Å². The quantitative estimate of drug-likeness (QED) is 0.329. The lowest BCUT2D eigenvalue weighted by molar-refractivity contribution is 0.0597. The lowest BCUT2D eigenvalue weighted by Crippen LogP contribution is -2.37. The van der Waals surface area contributed by atoms with Crippen molar-refractivity contribution in [3.63, 3.8) is 0 Å². The predicted molar refractivity (Wildman–Crippen MR) is 107 cm³/mol. The molecule has 28 heavy (non-hydrogen) atoms. The van der Waals surface area contributed by atoms with Crippen LogP contribution < -0.4 is 21.5 Å². The molecule has 1 unspecified atom stereocenters. The molecule has 0 saturated carbocycles. The molecular weight excluding hydrogens is 360 g/mol. The molecule has 1 atom stereocenters. The molecule has 0 saturated heterocycles. The van der Waals surface area contributed by atoms with Crippen LogP contribution in [0.4, 0.5) is 17.1 Å². The molecule has 0 fully saturated rings. The molecule has 0 aliphatic carbocycles. The number of aromatic hydroxyl groups is 1. The molecule has 0 aliphatic rings. The van der Waals surface area contributed by atoms with E-state index in [4.69, 9.17) is 0 Å². The Morgan fingerprint density at radius 3 is 2.36 bits per heavy atom. The number of anilines is 3. The molecule has 0 heterocycles. The third-order valence-electron chi connectivity index (χ3n) is 4.54. The number of hydrogen-bond acceptors (Lipinski definition) is 7. The molecule has 0 bridgehead atoms. The van der Waals surface area contributed by atoms with E-state index in [9.17, 15) is 19.5 Å². The maximum atomic E-state index is 12.1. The highest BCUT2D eigenvalue weighted by Crippen LogP contribution is 2.33. The summed E-state index contributed by atoms with van der Waals surface area (Å²) >= 11 is 0. The van der Waals surface area contributed by atoms with E-state index in [1.165, 1.54) is 25.3 Å². The van der Waals surface area contributed by atoms with Gasteiger partial charge in [-0.15, -0.1) is 0 Å². The first-order chi connectivity index (χ1) is 13.5. The normalized spacial score (nSPS) is 11.8. The van der Waals surface area contributed by atoms with Crippen LogP contribution in [0.5, 0.6) is 5.75 Å². The van der Waals surface area contributed by atoms with Gasteiger partial charge < -0.3 is 20.5 Å². The van der Waals surface area contributed by atoms with Crippen LogP contribution in [0.25, 0.3) is 0 Å². The number of hydrogen-bond donors (Lipinski definition) is 3. The lowest BCUT2D eigenvalue weighted by Gasteiger charge is -2.22. The van der Waals surface area contributed by atoms with E-state index in [2.05, 4.69) is 15.4 Å². The number of carbonyl (C=O) groups excluding carboxylic acids is 1. The molecule has 144 valence electrons. The third-order valence-corrected chi connectivity index (χ3v) is 4.54. The van der Waals surface area contributed by atoms with Crippen LogP contribution in [0.3, 0.4) is 0 Å². The van der Waals surface area contributed by atoms with Gasteiger partial charge in [0.2, 0.25) is 0 Å². The highest BCUT2D eigenvalue weighted by Gasteiger charge is 2.25. The number of nitrogens with one attached hydrogen (secondary N) is 2. The number of carbonyl (C=O) groups is 1. The maximum absolute atomic E-state index is 12.1. The largest absolute Gasteiger partial charge is 0.505 e. The van der Waals surface area contributed by atoms with Gasteiger partial charge in [0, 0.05) is 0 Å². The van der Waals surface area contributed by atoms with Gasteiger partial charge in [0.1, 0.15) is 16.9 Å². The molecule has 0 radical (unpaired) electrons. The van der Waals surface area contributed by atoms with Gasteiger partial charge in [-0.25, -0.2) is 4.79 Å². The van der Waals surface area contributed by atoms with Crippen LogP contribution in [0.2, 0.25) is 0 Å². The van der Waals surface area contributed by atoms with Crippen molar-refractivity contribution in [3.05, 3.63) is 80.1 Å². The molecule has 3 aromatic carbocycles. The van der Waals surface area contributed by atoms with Gasteiger partial charge in [0.05, 0.1) is 18.8 Å². The van der Waals surface area contributed by atoms with Gasteiger partial charge in [0.25, 0.3) is 10.9 Å². The zero-order valence-corrected chi connectivity index (χ0v) is 15.5. The summed E-state index contributed by atoms with van der Waals surface area (Å²) in [6, 6.07) is 13.8. The number of rotatable bonds is 7. The number of phenols is 1. The summed E-state index contributed by atoms with van der Waals surface area (Å²) in [4.78, 5) is 35.9. The van der Waals surface area contributed by atoms with Crippen LogP contribution in [0.15, 0.2) is 58.1 Å². The fourth-order valence-electron chi connectivity index (χ4n) is 2.98. The van der Waals surface area contributed by atoms with Crippen LogP contribution in [-0.4, -0.2) is 18.2 Å². The van der Waals surface area contributed by atoms with Crippen molar-refractivity contribution in [1.29, 1.82) is 0 Å². The summed E-state index contributed by atoms with van der Waals surface area (Å²) in [5, 5.41) is 16.2. The number of phenolic OH excluding ortho intramolecular Hbond substituents is 1. The summed E-state index contributed by atoms with van der Waals surface area (Å²) < 4.78 is 4.62. The Kier molecular flexibility index (Phi) is 5.44. The van der Waals surface area contributed by atoms with E-state index in [0.29, 0.717) is 6.42 Å². The van der Waals surface area contributed by atoms with E-state index in [1.54, 1.807) is 0 Å². The number of ether oxygens (including phenoxy) is 1. The predicted octanol–water partition coefficient (Wildman–Crippen LogP) is 3.08. The van der Waals surface area contributed by atoms with Gasteiger partial charge in [-0.3, -0.25) is 9.59 Å². The van der Waals surface area contributed by atoms with Crippen LogP contribution in [0.1, 0.15) is 35.3 Å². The zero-order valence-electron chi connectivity index (χ0n) is 15.5. The van der Waals surface area contributed by atoms with Crippen molar-refractivity contribution in [1.82, 2.24) is 0 Å². The highest BCUT2D eigenvalue weighted by molar-refractivity contribution is 5.95. The second-order valence-electron chi connectivity index (χ2n) is 6.24. The van der Waals surface area contributed by atoms with Crippen molar-refractivity contribution in [2.75, 3.05) is 17.7 Å². The summed E-state index contributed by atoms with van der Waals surface area (Å²) in [5.74, 6) is -1.07. The fraction of sp³-hybridized carbons (Fsp3) is 0.190. The summed E-state index contributed by atoms with van der Waals surface area (Å²) in [6.07, 6.45) is 0.700. The molecule has 3 rings (SSSR count). The smallest absolute Gasteiger partial charge is 0.341 e. The first-order valence-corrected chi connectivity index (χ1v) is 8.80. The highest BCUT2D eigenvalue weighted by atomic mass is 16.5. The Bertz CT molecular complexity index is 1070. The van der Waals surface area contributed by atoms with Crippen molar-refractivity contribution in [3.8, 4) is 5.75 Å². The average molecular weight is 380 g/mol. The van der Waals surface area contributed by atoms with E-state index < -0.39 is 16.8 Å². The minimum atomic E-state index is -0.709. The molecule has 7 heteroatoms. The number of para-hydroxylation sites is 1. The fourth-order valence-corrected chi connectivity index (χ4v) is 2.98. The van der Waals surface area contributed by atoms with Crippen molar-refractivity contribution >= 4 is 23.0 Å². The van der Waals surface area contributed by atoms with Crippen LogP contribution in [-0.2, 0) is 4.74 Å². The molecule has 0 aromatic heterocycles. The maximum Gasteiger partial charge on any atom is 0.341 e. The lowest BCUT2D eigenvalue weighted by atomic mass is 10.0. The summed E-state index contributed by atoms with van der Waals surface area (Å²) in [6.45, 7) is 1.97. The number of esters is 1. The number of methoxy groups -OCH3 is 1. The molecular formula is C21H20N2O5. The van der Waals surface area contributed by atoms with Crippen LogP contribution >= 0.6 is 0 Å². The summed E-state index contributed by atoms with van der Waals surface area (Å²) in [7, 11) is 1.20.